The van der Waals surface area contributed by atoms with Gasteiger partial charge in [-0.2, -0.15) is 0 Å². The molecule has 1 aromatic rings. The molecule has 0 aliphatic rings. The van der Waals surface area contributed by atoms with Crippen LogP contribution in [-0.4, -0.2) is 63.8 Å². The maximum Gasteiger partial charge on any atom is 0.105 e. The van der Waals surface area contributed by atoms with Crippen molar-refractivity contribution in [1.82, 2.24) is 0 Å². The molecule has 0 radical (unpaired) electrons. The molecular formula is C22H40NO3+. The zero-order valence-corrected chi connectivity index (χ0v) is 17.3. The topological polar surface area (TPSA) is 27.7 Å². The lowest BCUT2D eigenvalue weighted by atomic mass is 10.1. The minimum Gasteiger partial charge on any atom is -0.376 e. The van der Waals surface area contributed by atoms with Crippen molar-refractivity contribution in [2.75, 3.05) is 59.3 Å². The fourth-order valence-electron chi connectivity index (χ4n) is 3.06. The van der Waals surface area contributed by atoms with E-state index in [9.17, 15) is 0 Å². The average molecular weight is 367 g/mol. The molecule has 0 aromatic heterocycles. The molecular weight excluding hydrogens is 326 g/mol. The van der Waals surface area contributed by atoms with E-state index in [4.69, 9.17) is 14.2 Å². The second kappa shape index (κ2) is 15.2. The summed E-state index contributed by atoms with van der Waals surface area (Å²) in [6, 6.07) is 10.8. The Bertz CT molecular complexity index is 393. The van der Waals surface area contributed by atoms with E-state index in [2.05, 4.69) is 51.1 Å². The molecule has 150 valence electrons. The van der Waals surface area contributed by atoms with Crippen LogP contribution in [0.1, 0.15) is 45.6 Å². The molecule has 0 spiro atoms. The maximum absolute atomic E-state index is 5.83. The van der Waals surface area contributed by atoms with Gasteiger partial charge in [0, 0.05) is 25.4 Å². The van der Waals surface area contributed by atoms with Crippen molar-refractivity contribution >= 4 is 0 Å². The van der Waals surface area contributed by atoms with E-state index in [-0.39, 0.29) is 0 Å². The summed E-state index contributed by atoms with van der Waals surface area (Å²) >= 11 is 0. The van der Waals surface area contributed by atoms with E-state index < -0.39 is 0 Å². The Balaban J connectivity index is 2.77. The van der Waals surface area contributed by atoms with Crippen LogP contribution in [0.3, 0.4) is 0 Å². The molecule has 1 rings (SSSR count). The highest BCUT2D eigenvalue weighted by Crippen LogP contribution is 2.15. The van der Waals surface area contributed by atoms with Crippen LogP contribution in [0.15, 0.2) is 30.3 Å². The lowest BCUT2D eigenvalue weighted by Gasteiger charge is -2.39. The van der Waals surface area contributed by atoms with Crippen LogP contribution in [0.25, 0.3) is 0 Å². The Hall–Kier alpha value is -0.940. The largest absolute Gasteiger partial charge is 0.376 e. The SMILES string of the molecule is CCCOCC[N+](CCOCCC)(CCOCCC)Cc1ccccc1. The quantitative estimate of drug-likeness (QED) is 0.304. The standard InChI is InChI=1S/C22H40NO3/c1-4-15-24-18-12-23(13-19-25-16-5-2,14-20-26-17-6-3)21-22-10-8-7-9-11-22/h7-11H,4-6,12-21H2,1-3H3/q+1. The zero-order valence-electron chi connectivity index (χ0n) is 17.3. The molecule has 0 aliphatic heterocycles. The molecule has 1 aromatic carbocycles. The molecule has 0 atom stereocenters. The van der Waals surface area contributed by atoms with Gasteiger partial charge >= 0.3 is 0 Å². The van der Waals surface area contributed by atoms with Crippen molar-refractivity contribution in [1.29, 1.82) is 0 Å². The molecule has 4 nitrogen and oxygen atoms in total. The van der Waals surface area contributed by atoms with E-state index in [1.54, 1.807) is 0 Å². The summed E-state index contributed by atoms with van der Waals surface area (Å²) in [7, 11) is 0. The number of hydrogen-bond donors (Lipinski definition) is 0. The van der Waals surface area contributed by atoms with Gasteiger partial charge in [-0.15, -0.1) is 0 Å². The second-order valence-electron chi connectivity index (χ2n) is 6.99. The summed E-state index contributed by atoms with van der Waals surface area (Å²) in [5.41, 5.74) is 1.37. The van der Waals surface area contributed by atoms with Crippen LogP contribution in [0, 0.1) is 0 Å². The van der Waals surface area contributed by atoms with Crippen LogP contribution in [0.4, 0.5) is 0 Å². The summed E-state index contributed by atoms with van der Waals surface area (Å²) < 4.78 is 18.5. The summed E-state index contributed by atoms with van der Waals surface area (Å²) in [5.74, 6) is 0. The average Bonchev–Trinajstić information content (AvgIpc) is 2.67. The van der Waals surface area contributed by atoms with Crippen LogP contribution in [-0.2, 0) is 20.8 Å². The lowest BCUT2D eigenvalue weighted by molar-refractivity contribution is -0.941. The van der Waals surface area contributed by atoms with Crippen LogP contribution in [0.2, 0.25) is 0 Å². The monoisotopic (exact) mass is 366 g/mol. The van der Waals surface area contributed by atoms with Gasteiger partial charge in [0.15, 0.2) is 0 Å². The fraction of sp³-hybridized carbons (Fsp3) is 0.727. The Labute approximate surface area is 161 Å². The first-order valence-corrected chi connectivity index (χ1v) is 10.4. The van der Waals surface area contributed by atoms with E-state index in [1.165, 1.54) is 5.56 Å². The molecule has 0 amide bonds. The predicted octanol–water partition coefficient (Wildman–Crippen LogP) is 4.28. The highest BCUT2D eigenvalue weighted by molar-refractivity contribution is 5.13. The van der Waals surface area contributed by atoms with Crippen LogP contribution in [0.5, 0.6) is 0 Å². The van der Waals surface area contributed by atoms with Gasteiger partial charge in [-0.05, 0) is 19.3 Å². The Morgan fingerprint density at radius 3 is 1.42 bits per heavy atom. The summed E-state index contributed by atoms with van der Waals surface area (Å²) in [6.45, 7) is 15.4. The van der Waals surface area contributed by atoms with E-state index in [0.29, 0.717) is 0 Å². The second-order valence-corrected chi connectivity index (χ2v) is 6.99. The number of nitrogens with zero attached hydrogens (tertiary/aromatic N) is 1. The summed E-state index contributed by atoms with van der Waals surface area (Å²) in [4.78, 5) is 0. The van der Waals surface area contributed by atoms with Gasteiger partial charge in [0.2, 0.25) is 0 Å². The number of quaternary nitrogens is 1. The molecule has 0 N–H and O–H groups in total. The molecule has 0 saturated heterocycles. The van der Waals surface area contributed by atoms with Crippen molar-refractivity contribution < 1.29 is 18.7 Å². The molecule has 4 heteroatoms. The van der Waals surface area contributed by atoms with E-state index in [0.717, 1.165) is 89.6 Å². The number of ether oxygens (including phenoxy) is 3. The maximum atomic E-state index is 5.83. The van der Waals surface area contributed by atoms with Crippen molar-refractivity contribution in [2.45, 2.75) is 46.6 Å². The minimum atomic E-state index is 0.794. The third-order valence-electron chi connectivity index (χ3n) is 4.54. The van der Waals surface area contributed by atoms with Crippen molar-refractivity contribution in [3.05, 3.63) is 35.9 Å². The van der Waals surface area contributed by atoms with Crippen LogP contribution < -0.4 is 0 Å². The van der Waals surface area contributed by atoms with Gasteiger partial charge in [-0.1, -0.05) is 51.1 Å². The minimum absolute atomic E-state index is 0.794. The first-order valence-electron chi connectivity index (χ1n) is 10.4. The molecule has 0 unspecified atom stereocenters. The van der Waals surface area contributed by atoms with Crippen LogP contribution >= 0.6 is 0 Å². The summed E-state index contributed by atoms with van der Waals surface area (Å²) in [5, 5.41) is 0. The highest BCUT2D eigenvalue weighted by atomic mass is 16.5. The number of rotatable bonds is 17. The van der Waals surface area contributed by atoms with E-state index >= 15 is 0 Å². The molecule has 0 aliphatic carbocycles. The van der Waals surface area contributed by atoms with Gasteiger partial charge < -0.3 is 18.7 Å². The molecule has 0 heterocycles. The van der Waals surface area contributed by atoms with Gasteiger partial charge in [0.25, 0.3) is 0 Å². The van der Waals surface area contributed by atoms with Crippen molar-refractivity contribution in [2.24, 2.45) is 0 Å². The first kappa shape index (κ1) is 23.1. The van der Waals surface area contributed by atoms with E-state index in [1.807, 2.05) is 0 Å². The third-order valence-corrected chi connectivity index (χ3v) is 4.54. The smallest absolute Gasteiger partial charge is 0.105 e. The van der Waals surface area contributed by atoms with Gasteiger partial charge in [-0.25, -0.2) is 0 Å². The lowest BCUT2D eigenvalue weighted by Crippen LogP contribution is -2.53. The molecule has 26 heavy (non-hydrogen) atoms. The van der Waals surface area contributed by atoms with Crippen molar-refractivity contribution in [3.63, 3.8) is 0 Å². The first-order chi connectivity index (χ1) is 12.8. The van der Waals surface area contributed by atoms with Gasteiger partial charge in [0.1, 0.15) is 26.2 Å². The zero-order chi connectivity index (χ0) is 18.9. The Kier molecular flexibility index (Phi) is 13.5. The number of benzene rings is 1. The third kappa shape index (κ3) is 10.3. The molecule has 0 bridgehead atoms. The van der Waals surface area contributed by atoms with Crippen molar-refractivity contribution in [3.8, 4) is 0 Å². The summed E-state index contributed by atoms with van der Waals surface area (Å²) in [6.07, 6.45) is 3.20. The Morgan fingerprint density at radius 1 is 0.615 bits per heavy atom. The fourth-order valence-corrected chi connectivity index (χ4v) is 3.06. The van der Waals surface area contributed by atoms with Gasteiger partial charge in [0.05, 0.1) is 19.8 Å². The normalized spacial score (nSPS) is 11.8. The van der Waals surface area contributed by atoms with Gasteiger partial charge in [-0.3, -0.25) is 0 Å². The Morgan fingerprint density at radius 2 is 1.04 bits per heavy atom. The number of hydrogen-bond acceptors (Lipinski definition) is 3. The predicted molar refractivity (Wildman–Crippen MR) is 108 cm³/mol. The molecule has 0 saturated carbocycles. The molecule has 0 fully saturated rings. The highest BCUT2D eigenvalue weighted by Gasteiger charge is 2.27.